The minimum absolute atomic E-state index is 0. The van der Waals surface area contributed by atoms with Gasteiger partial charge in [-0.25, -0.2) is 14.6 Å². The van der Waals surface area contributed by atoms with E-state index in [0.717, 1.165) is 56.4 Å². The molecule has 0 amide bonds. The number of nitrogens with zero attached hydrogens (tertiary/aromatic N) is 6. The first-order valence-corrected chi connectivity index (χ1v) is 25.5. The molecule has 11 heteroatoms. The fourth-order valence-corrected chi connectivity index (χ4v) is 9.28. The van der Waals surface area contributed by atoms with Gasteiger partial charge in [-0.1, -0.05) is 140 Å². The Kier molecular flexibility index (Phi) is 16.4. The van der Waals surface area contributed by atoms with Crippen LogP contribution in [0.1, 0.15) is 22.8 Å². The number of hydrogen-bond acceptors (Lipinski definition) is 8. The van der Waals surface area contributed by atoms with Gasteiger partial charge in [0.15, 0.2) is 0 Å². The van der Waals surface area contributed by atoms with Crippen LogP contribution in [-0.4, -0.2) is 29.5 Å². The number of hydrogen-bond donors (Lipinski definition) is 0. The molecule has 0 saturated carbocycles. The number of rotatable bonds is 14. The summed E-state index contributed by atoms with van der Waals surface area (Å²) in [5.41, 5.74) is 15.1. The van der Waals surface area contributed by atoms with E-state index >= 15 is 0 Å². The van der Waals surface area contributed by atoms with E-state index in [-0.39, 0.29) is 20.4 Å². The zero-order valence-electron chi connectivity index (χ0n) is 43.7. The zero-order chi connectivity index (χ0) is 53.2. The summed E-state index contributed by atoms with van der Waals surface area (Å²) < 4.78 is 27.8. The van der Waals surface area contributed by atoms with Gasteiger partial charge in [-0.15, -0.1) is 30.3 Å². The maximum Gasteiger partial charge on any atom is 2.00 e. The summed E-state index contributed by atoms with van der Waals surface area (Å²) in [5.74, 6) is 4.66. The van der Waals surface area contributed by atoms with E-state index in [1.165, 1.54) is 22.3 Å². The minimum Gasteiger partial charge on any atom is -0.509 e. The summed E-state index contributed by atoms with van der Waals surface area (Å²) in [6.07, 6.45) is 3.38. The Morgan fingerprint density at radius 1 is 0.342 bits per heavy atom. The van der Waals surface area contributed by atoms with E-state index in [9.17, 15) is 0 Å². The molecule has 0 radical (unpaired) electrons. The molecule has 4 heterocycles. The Hall–Kier alpha value is -9.66. The van der Waals surface area contributed by atoms with Crippen molar-refractivity contribution in [2.75, 3.05) is 0 Å². The van der Waals surface area contributed by atoms with Gasteiger partial charge in [0.1, 0.15) is 17.2 Å². The Balaban J connectivity index is 0.000000176. The molecule has 0 N–H and O–H groups in total. The van der Waals surface area contributed by atoms with Crippen LogP contribution in [0.2, 0.25) is 0 Å². The van der Waals surface area contributed by atoms with Gasteiger partial charge in [-0.2, -0.15) is 22.3 Å². The van der Waals surface area contributed by atoms with Gasteiger partial charge in [0, 0.05) is 76.4 Å². The second-order valence-electron chi connectivity index (χ2n) is 18.3. The fraction of sp³-hybridized carbons (Fsp3) is 0.0588. The third-order valence-corrected chi connectivity index (χ3v) is 12.9. The Morgan fingerprint density at radius 2 is 0.772 bits per heavy atom. The zero-order valence-corrected chi connectivity index (χ0v) is 45.3. The SMILES string of the molecule is Cc1nn(-c2[c-]c(Oc3[c-]c(Oc4ccccn4)ccc3)ccc2)c(C)c1-c1ccc(-c2ccccc2)cc1.Cc1nn(-c2cccc(Oc3cccc(Oc4ccccn4)c3)c2)c(C)c1-c1ccc(-c2ccccc2)cc1.[Pd+2]. The van der Waals surface area contributed by atoms with Crippen LogP contribution in [0.5, 0.6) is 46.3 Å². The van der Waals surface area contributed by atoms with Crippen LogP contribution in [0, 0.1) is 39.8 Å². The van der Waals surface area contributed by atoms with E-state index in [4.69, 9.17) is 29.1 Å². The minimum atomic E-state index is 0. The third-order valence-electron chi connectivity index (χ3n) is 12.9. The van der Waals surface area contributed by atoms with Crippen LogP contribution in [-0.2, 0) is 20.4 Å². The summed E-state index contributed by atoms with van der Waals surface area (Å²) in [4.78, 5) is 8.41. The standard InChI is InChI=1S/C34H27N3O2.C34H25N3O2.Pd/c2*1-24-34(28-19-17-27(18-20-28)26-10-4-3-5-11-26)25(2)37(36-24)29-12-8-13-30(22-29)38-31-14-9-15-32(23-31)39-33-16-6-7-21-35-33;/h3-23H,1-2H3;3-21H,1-2H3;/q;-2;+2. The number of aryl methyl sites for hydroxylation is 2. The van der Waals surface area contributed by atoms with Crippen LogP contribution < -0.4 is 18.9 Å². The molecule has 4 aromatic heterocycles. The first-order chi connectivity index (χ1) is 38.3. The summed E-state index contributed by atoms with van der Waals surface area (Å²) >= 11 is 0. The normalized spacial score (nSPS) is 10.7. The van der Waals surface area contributed by atoms with E-state index in [1.54, 1.807) is 18.5 Å². The summed E-state index contributed by atoms with van der Waals surface area (Å²) in [7, 11) is 0. The summed E-state index contributed by atoms with van der Waals surface area (Å²) in [5, 5.41) is 9.72. The van der Waals surface area contributed by atoms with Gasteiger partial charge in [-0.3, -0.25) is 4.68 Å². The van der Waals surface area contributed by atoms with Crippen LogP contribution in [0.15, 0.2) is 243 Å². The summed E-state index contributed by atoms with van der Waals surface area (Å²) in [6.45, 7) is 8.27. The van der Waals surface area contributed by atoms with Gasteiger partial charge in [0.2, 0.25) is 11.8 Å². The molecular weight excluding hydrogens is 1070 g/mol. The van der Waals surface area contributed by atoms with Crippen molar-refractivity contribution in [1.82, 2.24) is 29.5 Å². The van der Waals surface area contributed by atoms with Crippen LogP contribution in [0.4, 0.5) is 0 Å². The Labute approximate surface area is 473 Å². The van der Waals surface area contributed by atoms with Gasteiger partial charge >= 0.3 is 20.4 Å². The van der Waals surface area contributed by atoms with Crippen molar-refractivity contribution >= 4 is 0 Å². The smallest absolute Gasteiger partial charge is 0.509 e. The average Bonchev–Trinajstić information content (AvgIpc) is 3.99. The molecule has 0 unspecified atom stereocenters. The largest absolute Gasteiger partial charge is 2.00 e. The van der Waals surface area contributed by atoms with Crippen molar-refractivity contribution in [1.29, 1.82) is 0 Å². The monoisotopic (exact) mass is 1120 g/mol. The predicted molar refractivity (Wildman–Crippen MR) is 307 cm³/mol. The van der Waals surface area contributed by atoms with Crippen LogP contribution in [0.3, 0.4) is 0 Å². The van der Waals surface area contributed by atoms with Crippen molar-refractivity contribution in [3.8, 4) is 102 Å². The van der Waals surface area contributed by atoms with Gasteiger partial charge in [-0.05, 0) is 103 Å². The topological polar surface area (TPSA) is 98.3 Å². The number of ether oxygens (including phenoxy) is 4. The molecule has 79 heavy (non-hydrogen) atoms. The number of pyridine rings is 2. The second kappa shape index (κ2) is 24.6. The molecule has 0 saturated heterocycles. The number of benzene rings is 8. The molecule has 12 rings (SSSR count). The van der Waals surface area contributed by atoms with E-state index in [1.807, 2.05) is 144 Å². The molecule has 0 atom stereocenters. The van der Waals surface area contributed by atoms with Crippen LogP contribution >= 0.6 is 0 Å². The molecule has 0 aliphatic carbocycles. The van der Waals surface area contributed by atoms with E-state index in [0.29, 0.717) is 46.3 Å². The van der Waals surface area contributed by atoms with Crippen molar-refractivity contribution in [3.63, 3.8) is 0 Å². The van der Waals surface area contributed by atoms with Crippen molar-refractivity contribution in [2.45, 2.75) is 27.7 Å². The molecule has 388 valence electrons. The molecule has 12 aromatic rings. The Morgan fingerprint density at radius 3 is 1.34 bits per heavy atom. The molecule has 0 spiro atoms. The van der Waals surface area contributed by atoms with Gasteiger partial charge in [0.05, 0.1) is 17.1 Å². The molecular formula is C68H52N6O4Pd. The van der Waals surface area contributed by atoms with Crippen molar-refractivity contribution < 1.29 is 39.4 Å². The van der Waals surface area contributed by atoms with Gasteiger partial charge in [0.25, 0.3) is 0 Å². The van der Waals surface area contributed by atoms with E-state index in [2.05, 4.69) is 140 Å². The average molecular weight is 1120 g/mol. The molecule has 0 aliphatic rings. The quantitative estimate of drug-likeness (QED) is 0.0784. The third kappa shape index (κ3) is 12.6. The summed E-state index contributed by atoms with van der Waals surface area (Å²) in [6, 6.07) is 82.4. The first kappa shape index (κ1) is 52.8. The molecule has 8 aromatic carbocycles. The maximum atomic E-state index is 6.19. The van der Waals surface area contributed by atoms with Crippen LogP contribution in [0.25, 0.3) is 55.9 Å². The molecule has 0 fully saturated rings. The van der Waals surface area contributed by atoms with E-state index < -0.39 is 0 Å². The second-order valence-corrected chi connectivity index (χ2v) is 18.3. The number of aromatic nitrogens is 6. The Bertz CT molecular complexity index is 3690. The van der Waals surface area contributed by atoms with Crippen molar-refractivity contribution in [3.05, 3.63) is 278 Å². The molecule has 10 nitrogen and oxygen atoms in total. The molecule has 0 aliphatic heterocycles. The fourth-order valence-electron chi connectivity index (χ4n) is 9.28. The predicted octanol–water partition coefficient (Wildman–Crippen LogP) is 17.2. The molecule has 0 bridgehead atoms. The maximum absolute atomic E-state index is 6.19. The van der Waals surface area contributed by atoms with Crippen molar-refractivity contribution in [2.24, 2.45) is 0 Å². The van der Waals surface area contributed by atoms with Gasteiger partial charge < -0.3 is 18.9 Å². The first-order valence-electron chi connectivity index (χ1n) is 25.5.